The topological polar surface area (TPSA) is 46.1 Å². The van der Waals surface area contributed by atoms with Crippen LogP contribution in [0.5, 0.6) is 0 Å². The van der Waals surface area contributed by atoms with Crippen molar-refractivity contribution in [3.8, 4) is 5.69 Å². The van der Waals surface area contributed by atoms with Crippen molar-refractivity contribution in [2.75, 3.05) is 10.6 Å². The van der Waals surface area contributed by atoms with Crippen LogP contribution in [0, 0.1) is 6.92 Å². The maximum atomic E-state index is 12.1. The van der Waals surface area contributed by atoms with E-state index in [1.54, 1.807) is 12.1 Å². The lowest BCUT2D eigenvalue weighted by Gasteiger charge is -2.11. The number of aryl methyl sites for hydroxylation is 1. The third kappa shape index (κ3) is 3.73. The monoisotopic (exact) mass is 325 g/mol. The number of anilines is 2. The van der Waals surface area contributed by atoms with Crippen LogP contribution in [0.4, 0.5) is 16.2 Å². The third-order valence-electron chi connectivity index (χ3n) is 3.46. The van der Waals surface area contributed by atoms with Gasteiger partial charge in [-0.25, -0.2) is 4.79 Å². The van der Waals surface area contributed by atoms with Crippen molar-refractivity contribution in [3.05, 3.63) is 77.6 Å². The van der Waals surface area contributed by atoms with Gasteiger partial charge in [-0.1, -0.05) is 11.6 Å². The Morgan fingerprint density at radius 3 is 2.35 bits per heavy atom. The number of halogens is 1. The van der Waals surface area contributed by atoms with Gasteiger partial charge < -0.3 is 15.2 Å². The summed E-state index contributed by atoms with van der Waals surface area (Å²) in [6, 6.07) is 16.6. The summed E-state index contributed by atoms with van der Waals surface area (Å²) in [5.41, 5.74) is 3.41. The van der Waals surface area contributed by atoms with E-state index in [0.29, 0.717) is 5.02 Å². The molecule has 2 amide bonds. The van der Waals surface area contributed by atoms with E-state index in [9.17, 15) is 4.79 Å². The Kier molecular flexibility index (Phi) is 4.35. The molecule has 4 nitrogen and oxygen atoms in total. The van der Waals surface area contributed by atoms with Gasteiger partial charge in [0.15, 0.2) is 0 Å². The predicted molar refractivity (Wildman–Crippen MR) is 94.6 cm³/mol. The number of aromatic nitrogens is 1. The largest absolute Gasteiger partial charge is 0.324 e. The summed E-state index contributed by atoms with van der Waals surface area (Å²) >= 11 is 5.91. The summed E-state index contributed by atoms with van der Waals surface area (Å²) in [6.45, 7) is 1.90. The Morgan fingerprint density at radius 2 is 1.70 bits per heavy atom. The fourth-order valence-electron chi connectivity index (χ4n) is 2.28. The maximum Gasteiger partial charge on any atom is 0.323 e. The third-order valence-corrected chi connectivity index (χ3v) is 3.70. The lowest BCUT2D eigenvalue weighted by atomic mass is 10.2. The summed E-state index contributed by atoms with van der Waals surface area (Å²) in [6.07, 6.45) is 3.94. The molecule has 0 bridgehead atoms. The van der Waals surface area contributed by atoms with E-state index in [-0.39, 0.29) is 6.03 Å². The van der Waals surface area contributed by atoms with Gasteiger partial charge >= 0.3 is 6.03 Å². The zero-order valence-electron chi connectivity index (χ0n) is 12.6. The van der Waals surface area contributed by atoms with Crippen molar-refractivity contribution in [1.82, 2.24) is 4.57 Å². The van der Waals surface area contributed by atoms with Crippen molar-refractivity contribution in [2.24, 2.45) is 0 Å². The minimum atomic E-state index is -0.288. The molecule has 0 radical (unpaired) electrons. The van der Waals surface area contributed by atoms with Crippen molar-refractivity contribution in [3.63, 3.8) is 0 Å². The van der Waals surface area contributed by atoms with Gasteiger partial charge in [0.2, 0.25) is 0 Å². The highest BCUT2D eigenvalue weighted by molar-refractivity contribution is 6.30. The molecule has 0 aliphatic rings. The molecule has 0 saturated carbocycles. The molecule has 2 aromatic carbocycles. The number of rotatable bonds is 3. The zero-order valence-corrected chi connectivity index (χ0v) is 13.3. The number of nitrogens with zero attached hydrogens (tertiary/aromatic N) is 1. The van der Waals surface area contributed by atoms with Gasteiger partial charge in [0.05, 0.1) is 0 Å². The SMILES string of the molecule is Cc1cc(Cl)ccc1NC(=O)Nc1ccc(-n2cccc2)cc1. The summed E-state index contributed by atoms with van der Waals surface area (Å²) in [4.78, 5) is 12.1. The zero-order chi connectivity index (χ0) is 16.2. The van der Waals surface area contributed by atoms with E-state index in [0.717, 1.165) is 22.6 Å². The molecular weight excluding hydrogens is 310 g/mol. The van der Waals surface area contributed by atoms with Gasteiger partial charge in [-0.05, 0) is 67.1 Å². The standard InChI is InChI=1S/C18H16ClN3O/c1-13-12-14(19)4-9-17(13)21-18(23)20-15-5-7-16(8-6-15)22-10-2-3-11-22/h2-12H,1H3,(H2,20,21,23). The van der Waals surface area contributed by atoms with Crippen LogP contribution in [0.3, 0.4) is 0 Å². The second kappa shape index (κ2) is 6.58. The second-order valence-electron chi connectivity index (χ2n) is 5.18. The first-order valence-electron chi connectivity index (χ1n) is 7.19. The van der Waals surface area contributed by atoms with E-state index >= 15 is 0 Å². The Bertz CT molecular complexity index is 811. The van der Waals surface area contributed by atoms with Gasteiger partial charge in [0.25, 0.3) is 0 Å². The molecule has 0 atom stereocenters. The number of urea groups is 1. The molecule has 2 N–H and O–H groups in total. The van der Waals surface area contributed by atoms with Crippen molar-refractivity contribution in [2.45, 2.75) is 6.92 Å². The Hall–Kier alpha value is -2.72. The van der Waals surface area contributed by atoms with Crippen LogP contribution in [0.25, 0.3) is 5.69 Å². The first kappa shape index (κ1) is 15.2. The van der Waals surface area contributed by atoms with Gasteiger partial charge in [0.1, 0.15) is 0 Å². The molecule has 0 spiro atoms. The first-order valence-corrected chi connectivity index (χ1v) is 7.57. The quantitative estimate of drug-likeness (QED) is 0.692. The molecule has 116 valence electrons. The molecule has 0 fully saturated rings. The number of benzene rings is 2. The minimum Gasteiger partial charge on any atom is -0.324 e. The maximum absolute atomic E-state index is 12.1. The van der Waals surface area contributed by atoms with Crippen molar-refractivity contribution in [1.29, 1.82) is 0 Å². The Morgan fingerprint density at radius 1 is 1.00 bits per heavy atom. The van der Waals surface area contributed by atoms with Crippen LogP contribution >= 0.6 is 11.6 Å². The van der Waals surface area contributed by atoms with Gasteiger partial charge in [-0.3, -0.25) is 0 Å². The van der Waals surface area contributed by atoms with Crippen LogP contribution in [-0.4, -0.2) is 10.6 Å². The smallest absolute Gasteiger partial charge is 0.323 e. The summed E-state index contributed by atoms with van der Waals surface area (Å²) in [7, 11) is 0. The van der Waals surface area contributed by atoms with Crippen LogP contribution < -0.4 is 10.6 Å². The highest BCUT2D eigenvalue weighted by atomic mass is 35.5. The number of carbonyl (C=O) groups excluding carboxylic acids is 1. The van der Waals surface area contributed by atoms with Crippen molar-refractivity contribution >= 4 is 29.0 Å². The molecule has 1 aromatic heterocycles. The molecule has 1 heterocycles. The van der Waals surface area contributed by atoms with E-state index < -0.39 is 0 Å². The fourth-order valence-corrected chi connectivity index (χ4v) is 2.50. The predicted octanol–water partition coefficient (Wildman–Crippen LogP) is 5.08. The molecule has 0 aliphatic carbocycles. The molecule has 0 aliphatic heterocycles. The van der Waals surface area contributed by atoms with Gasteiger partial charge in [0, 0.05) is 34.5 Å². The normalized spacial score (nSPS) is 10.3. The lowest BCUT2D eigenvalue weighted by molar-refractivity contribution is 0.262. The molecule has 23 heavy (non-hydrogen) atoms. The number of hydrogen-bond donors (Lipinski definition) is 2. The van der Waals surface area contributed by atoms with E-state index in [4.69, 9.17) is 11.6 Å². The van der Waals surface area contributed by atoms with Gasteiger partial charge in [-0.2, -0.15) is 0 Å². The lowest BCUT2D eigenvalue weighted by Crippen LogP contribution is -2.19. The molecule has 0 unspecified atom stereocenters. The van der Waals surface area contributed by atoms with Crippen LogP contribution in [0.15, 0.2) is 67.0 Å². The molecule has 3 aromatic rings. The number of hydrogen-bond acceptors (Lipinski definition) is 1. The van der Waals surface area contributed by atoms with Crippen molar-refractivity contribution < 1.29 is 4.79 Å². The summed E-state index contributed by atoms with van der Waals surface area (Å²) < 4.78 is 2.00. The van der Waals surface area contributed by atoms with Gasteiger partial charge in [-0.15, -0.1) is 0 Å². The number of amides is 2. The average Bonchev–Trinajstić information content (AvgIpc) is 3.05. The molecule has 0 saturated heterocycles. The second-order valence-corrected chi connectivity index (χ2v) is 5.61. The Labute approximate surface area is 139 Å². The molecule has 5 heteroatoms. The highest BCUT2D eigenvalue weighted by Crippen LogP contribution is 2.20. The van der Waals surface area contributed by atoms with E-state index in [1.165, 1.54) is 0 Å². The van der Waals surface area contributed by atoms with E-state index in [1.807, 2.05) is 66.3 Å². The first-order chi connectivity index (χ1) is 11.1. The number of nitrogens with one attached hydrogen (secondary N) is 2. The highest BCUT2D eigenvalue weighted by Gasteiger charge is 2.05. The van der Waals surface area contributed by atoms with Crippen LogP contribution in [0.1, 0.15) is 5.56 Å². The number of carbonyl (C=O) groups is 1. The summed E-state index contributed by atoms with van der Waals surface area (Å²) in [5.74, 6) is 0. The average molecular weight is 326 g/mol. The Balaban J connectivity index is 1.66. The minimum absolute atomic E-state index is 0.288. The van der Waals surface area contributed by atoms with Crippen LogP contribution in [0.2, 0.25) is 5.02 Å². The molecule has 3 rings (SSSR count). The van der Waals surface area contributed by atoms with E-state index in [2.05, 4.69) is 10.6 Å². The summed E-state index contributed by atoms with van der Waals surface area (Å²) in [5, 5.41) is 6.27. The molecular formula is C18H16ClN3O. The van der Waals surface area contributed by atoms with Crippen LogP contribution in [-0.2, 0) is 0 Å². The fraction of sp³-hybridized carbons (Fsp3) is 0.0556.